The molecule has 1 amide bonds. The molecule has 234 valence electrons. The molecule has 2 atom stereocenters. The molecule has 4 heterocycles. The Labute approximate surface area is 264 Å². The van der Waals surface area contributed by atoms with Gasteiger partial charge in [-0.2, -0.15) is 0 Å². The van der Waals surface area contributed by atoms with E-state index in [1.807, 2.05) is 30.0 Å². The number of carbonyl (C=O) groups excluding carboxylic acids is 1. The quantitative estimate of drug-likeness (QED) is 0.198. The highest BCUT2D eigenvalue weighted by molar-refractivity contribution is 5.93. The average molecular weight is 622 g/mol. The zero-order chi connectivity index (χ0) is 31.8. The zero-order valence-electron chi connectivity index (χ0n) is 25.4. The molecule has 1 saturated carbocycles. The summed E-state index contributed by atoms with van der Waals surface area (Å²) >= 11 is 0. The third-order valence-electron chi connectivity index (χ3n) is 8.56. The Morgan fingerprint density at radius 3 is 2.59 bits per heavy atom. The first kappa shape index (κ1) is 29.2. The molecule has 0 radical (unpaired) electrons. The molecule has 1 saturated heterocycles. The van der Waals surface area contributed by atoms with Crippen molar-refractivity contribution in [2.45, 2.75) is 25.9 Å². The highest BCUT2D eigenvalue weighted by atomic mass is 19.1. The van der Waals surface area contributed by atoms with Gasteiger partial charge in [0.25, 0.3) is 0 Å². The fourth-order valence-corrected chi connectivity index (χ4v) is 6.25. The number of fused-ring (bicyclic) bond motifs is 3. The molecule has 2 aromatic carbocycles. The van der Waals surface area contributed by atoms with Gasteiger partial charge in [-0.1, -0.05) is 6.58 Å². The molecule has 1 N–H and O–H groups in total. The number of pyridine rings is 1. The van der Waals surface area contributed by atoms with Crippen LogP contribution < -0.4 is 19.5 Å². The van der Waals surface area contributed by atoms with Gasteiger partial charge in [-0.05, 0) is 56.2 Å². The molecule has 7 rings (SSSR count). The largest absolute Gasteiger partial charge is 0.493 e. The lowest BCUT2D eigenvalue weighted by molar-refractivity contribution is -0.129. The van der Waals surface area contributed by atoms with E-state index in [1.54, 1.807) is 48.5 Å². The molecule has 1 aliphatic heterocycles. The molecule has 1 aliphatic carbocycles. The number of nitrogens with one attached hydrogen (secondary N) is 1. The van der Waals surface area contributed by atoms with Gasteiger partial charge in [-0.25, -0.2) is 19.0 Å². The van der Waals surface area contributed by atoms with Crippen LogP contribution in [-0.2, 0) is 4.79 Å². The fraction of sp³-hybridized carbons (Fsp3) is 0.265. The van der Waals surface area contributed by atoms with Gasteiger partial charge in [0.05, 0.1) is 30.2 Å². The Bertz CT molecular complexity index is 1920. The highest BCUT2D eigenvalue weighted by Gasteiger charge is 2.44. The Hall–Kier alpha value is -5.52. The number of ether oxygens (including phenoxy) is 3. The van der Waals surface area contributed by atoms with Crippen molar-refractivity contribution in [2.75, 3.05) is 25.5 Å². The monoisotopic (exact) mass is 621 g/mol. The van der Waals surface area contributed by atoms with Crippen LogP contribution in [0.25, 0.3) is 16.6 Å². The lowest BCUT2D eigenvalue weighted by Gasteiger charge is -2.37. The van der Waals surface area contributed by atoms with Gasteiger partial charge in [-0.15, -0.1) is 5.10 Å². The number of hydrogen-bond donors (Lipinski definition) is 1. The molecule has 2 bridgehead atoms. The van der Waals surface area contributed by atoms with Crippen molar-refractivity contribution in [3.05, 3.63) is 91.4 Å². The van der Waals surface area contributed by atoms with Gasteiger partial charge in [0.2, 0.25) is 11.8 Å². The van der Waals surface area contributed by atoms with Crippen LogP contribution >= 0.6 is 0 Å². The number of aryl methyl sites for hydroxylation is 1. The van der Waals surface area contributed by atoms with Gasteiger partial charge < -0.3 is 24.4 Å². The minimum Gasteiger partial charge on any atom is -0.493 e. The lowest BCUT2D eigenvalue weighted by Crippen LogP contribution is -2.49. The first-order valence-corrected chi connectivity index (χ1v) is 15.0. The van der Waals surface area contributed by atoms with Crippen LogP contribution in [0, 0.1) is 24.6 Å². The van der Waals surface area contributed by atoms with E-state index < -0.39 is 5.82 Å². The molecule has 2 fully saturated rings. The summed E-state index contributed by atoms with van der Waals surface area (Å²) in [5, 5.41) is 8.15. The van der Waals surface area contributed by atoms with E-state index in [0.717, 1.165) is 24.2 Å². The van der Waals surface area contributed by atoms with Crippen LogP contribution in [0.3, 0.4) is 0 Å². The second-order valence-corrected chi connectivity index (χ2v) is 11.5. The van der Waals surface area contributed by atoms with Gasteiger partial charge in [0.15, 0.2) is 11.5 Å². The number of nitrogens with zero attached hydrogens (tertiary/aromatic N) is 6. The van der Waals surface area contributed by atoms with Crippen molar-refractivity contribution >= 4 is 28.3 Å². The maximum atomic E-state index is 15.4. The third-order valence-corrected chi connectivity index (χ3v) is 8.56. The predicted octanol–water partition coefficient (Wildman–Crippen LogP) is 6.00. The van der Waals surface area contributed by atoms with Crippen LogP contribution in [0.1, 0.15) is 18.5 Å². The molecule has 2 aliphatic rings. The first-order chi connectivity index (χ1) is 22.4. The molecule has 11 nitrogen and oxygen atoms in total. The number of rotatable bonds is 9. The van der Waals surface area contributed by atoms with Crippen LogP contribution in [-0.4, -0.2) is 61.8 Å². The molecular weight excluding hydrogens is 589 g/mol. The Morgan fingerprint density at radius 1 is 1.04 bits per heavy atom. The van der Waals surface area contributed by atoms with Gasteiger partial charge in [-0.3, -0.25) is 9.78 Å². The Morgan fingerprint density at radius 2 is 1.87 bits per heavy atom. The van der Waals surface area contributed by atoms with Crippen molar-refractivity contribution in [3.63, 3.8) is 0 Å². The summed E-state index contributed by atoms with van der Waals surface area (Å²) in [6.45, 7) is 6.80. The number of halogens is 1. The summed E-state index contributed by atoms with van der Waals surface area (Å²) in [6.07, 6.45) is 8.14. The lowest BCUT2D eigenvalue weighted by atomic mass is 9.94. The smallest absolute Gasteiger partial charge is 0.245 e. The number of hydrogen-bond acceptors (Lipinski definition) is 9. The molecule has 3 aromatic heterocycles. The van der Waals surface area contributed by atoms with Gasteiger partial charge in [0.1, 0.15) is 29.8 Å². The van der Waals surface area contributed by atoms with Crippen molar-refractivity contribution in [1.82, 2.24) is 29.6 Å². The molecule has 46 heavy (non-hydrogen) atoms. The van der Waals surface area contributed by atoms with E-state index in [9.17, 15) is 4.79 Å². The third kappa shape index (κ3) is 5.69. The van der Waals surface area contributed by atoms with Crippen LogP contribution in [0.5, 0.6) is 23.1 Å². The molecule has 12 heteroatoms. The van der Waals surface area contributed by atoms with E-state index in [1.165, 1.54) is 18.5 Å². The maximum Gasteiger partial charge on any atom is 0.245 e. The number of anilines is 2. The normalized spacial score (nSPS) is 18.8. The first-order valence-electron chi connectivity index (χ1n) is 15.0. The van der Waals surface area contributed by atoms with E-state index in [2.05, 4.69) is 31.9 Å². The summed E-state index contributed by atoms with van der Waals surface area (Å²) in [7, 11) is 1.58. The second-order valence-electron chi connectivity index (χ2n) is 11.5. The number of piperidine rings is 1. The summed E-state index contributed by atoms with van der Waals surface area (Å²) in [6, 6.07) is 13.6. The van der Waals surface area contributed by atoms with Crippen molar-refractivity contribution < 1.29 is 23.4 Å². The standard InChI is InChI=1S/C34H32FN7O4/c1-4-32(43)41-17-21-6-7-22(18-41)33(21)46-30-14-25-28(15-29(30)44-3)37-19-38-34(25)39-27-10-9-24(13-26(27)35)45-31-11-12-42(40-31)23-8-5-20(2)36-16-23/h4-5,8-16,19,21-22,33H,1,6-7,17-18H2,2-3H3,(H,37,38,39). The summed E-state index contributed by atoms with van der Waals surface area (Å²) < 4.78 is 35.1. The number of amides is 1. The number of aromatic nitrogens is 5. The van der Waals surface area contributed by atoms with Crippen LogP contribution in [0.4, 0.5) is 15.9 Å². The Balaban J connectivity index is 1.10. The van der Waals surface area contributed by atoms with Gasteiger partial charge in [0, 0.05) is 60.4 Å². The summed E-state index contributed by atoms with van der Waals surface area (Å²) in [5.74, 6) is 1.92. The number of likely N-dealkylation sites (tertiary alicyclic amines) is 1. The molecule has 0 spiro atoms. The van der Waals surface area contributed by atoms with Crippen LogP contribution in [0.15, 0.2) is 79.9 Å². The highest BCUT2D eigenvalue weighted by Crippen LogP contribution is 2.43. The van der Waals surface area contributed by atoms with E-state index in [-0.39, 0.29) is 29.5 Å². The predicted molar refractivity (Wildman–Crippen MR) is 169 cm³/mol. The fourth-order valence-electron chi connectivity index (χ4n) is 6.25. The molecule has 2 unspecified atom stereocenters. The number of carbonyl (C=O) groups is 1. The summed E-state index contributed by atoms with van der Waals surface area (Å²) in [4.78, 5) is 27.2. The minimum atomic E-state index is -0.533. The maximum absolute atomic E-state index is 15.4. The zero-order valence-corrected chi connectivity index (χ0v) is 25.4. The SMILES string of the molecule is C=CC(=O)N1CC2CCC(C1)C2Oc1cc2c(Nc3ccc(Oc4ccn(-c5ccc(C)nc5)n4)cc3F)ncnc2cc1OC. The molecular formula is C34H32FN7O4. The molecule has 5 aromatic rings. The van der Waals surface area contributed by atoms with E-state index in [0.29, 0.717) is 52.9 Å². The summed E-state index contributed by atoms with van der Waals surface area (Å²) in [5.41, 5.74) is 2.50. The van der Waals surface area contributed by atoms with Crippen molar-refractivity contribution in [1.29, 1.82) is 0 Å². The second kappa shape index (κ2) is 12.1. The van der Waals surface area contributed by atoms with Crippen LogP contribution in [0.2, 0.25) is 0 Å². The van der Waals surface area contributed by atoms with Crippen molar-refractivity contribution in [3.8, 4) is 28.8 Å². The Kier molecular flexibility index (Phi) is 7.69. The number of methoxy groups -OCH3 is 1. The minimum absolute atomic E-state index is 0.0509. The number of benzene rings is 2. The average Bonchev–Trinajstić information content (AvgIpc) is 3.61. The van der Waals surface area contributed by atoms with E-state index >= 15 is 4.39 Å². The van der Waals surface area contributed by atoms with Crippen molar-refractivity contribution in [2.24, 2.45) is 11.8 Å². The van der Waals surface area contributed by atoms with E-state index in [4.69, 9.17) is 14.2 Å². The topological polar surface area (TPSA) is 117 Å². The van der Waals surface area contributed by atoms with Gasteiger partial charge >= 0.3 is 0 Å².